The summed E-state index contributed by atoms with van der Waals surface area (Å²) in [6, 6.07) is 8.33. The summed E-state index contributed by atoms with van der Waals surface area (Å²) in [5.41, 5.74) is 0.841. The first-order valence-corrected chi connectivity index (χ1v) is 9.72. The van der Waals surface area contributed by atoms with E-state index >= 15 is 0 Å². The van der Waals surface area contributed by atoms with E-state index in [1.54, 1.807) is 5.41 Å². The highest BCUT2D eigenvalue weighted by molar-refractivity contribution is 8.02. The van der Waals surface area contributed by atoms with Crippen LogP contribution in [0.4, 0.5) is 4.79 Å². The number of esters is 1. The molecule has 0 heterocycles. The molecule has 0 bridgehead atoms. The first-order chi connectivity index (χ1) is 13.1. The van der Waals surface area contributed by atoms with Crippen molar-refractivity contribution < 1.29 is 23.9 Å². The molecule has 0 aliphatic heterocycles. The average molecular weight is 394 g/mol. The van der Waals surface area contributed by atoms with Crippen molar-refractivity contribution >= 4 is 29.7 Å². The maximum Gasteiger partial charge on any atom is 0.408 e. The maximum absolute atomic E-state index is 11.9. The first kappa shape index (κ1) is 22.6. The van der Waals surface area contributed by atoms with Crippen LogP contribution in [0, 0.1) is 0 Å². The molecule has 1 atom stereocenters. The summed E-state index contributed by atoms with van der Waals surface area (Å²) < 4.78 is 9.80. The summed E-state index contributed by atoms with van der Waals surface area (Å²) in [4.78, 5) is 35.3. The van der Waals surface area contributed by atoms with E-state index in [4.69, 9.17) is 9.47 Å². The molecule has 2 N–H and O–H groups in total. The fourth-order valence-corrected chi connectivity index (χ4v) is 2.67. The van der Waals surface area contributed by atoms with Gasteiger partial charge in [-0.25, -0.2) is 9.59 Å². The Morgan fingerprint density at radius 1 is 1.22 bits per heavy atom. The molecule has 1 rings (SSSR count). The molecule has 0 aliphatic rings. The van der Waals surface area contributed by atoms with Crippen molar-refractivity contribution in [3.63, 3.8) is 0 Å². The number of carbonyl (C=O) groups is 3. The normalized spacial score (nSPS) is 11.6. The van der Waals surface area contributed by atoms with E-state index in [9.17, 15) is 14.4 Å². The van der Waals surface area contributed by atoms with Crippen molar-refractivity contribution in [3.8, 4) is 0 Å². The highest BCUT2D eigenvalue weighted by atomic mass is 32.2. The molecule has 7 nitrogen and oxygen atoms in total. The van der Waals surface area contributed by atoms with Crippen molar-refractivity contribution in [2.24, 2.45) is 0 Å². The Labute approximate surface area is 163 Å². The molecule has 0 radical (unpaired) electrons. The molecule has 27 heavy (non-hydrogen) atoms. The van der Waals surface area contributed by atoms with Gasteiger partial charge in [-0.1, -0.05) is 43.7 Å². The van der Waals surface area contributed by atoms with Crippen LogP contribution in [0.25, 0.3) is 0 Å². The molecule has 2 amide bonds. The number of alkyl carbamates (subject to hydrolysis) is 1. The minimum Gasteiger partial charge on any atom is -0.467 e. The van der Waals surface area contributed by atoms with E-state index in [0.717, 1.165) is 18.4 Å². The number of benzene rings is 1. The Bertz CT molecular complexity index is 622. The third-order valence-corrected chi connectivity index (χ3v) is 4.25. The number of hydrogen-bond donors (Lipinski definition) is 2. The SMILES string of the molecule is CCCCNC(=O)/C=C/SC[C@H](NC(=O)OCc1ccccc1)C(=O)OC. The number of amides is 2. The molecular formula is C19H26N2O5S. The predicted molar refractivity (Wildman–Crippen MR) is 105 cm³/mol. The van der Waals surface area contributed by atoms with Crippen molar-refractivity contribution in [2.75, 3.05) is 19.4 Å². The second kappa shape index (κ2) is 13.7. The zero-order valence-corrected chi connectivity index (χ0v) is 16.4. The third-order valence-electron chi connectivity index (χ3n) is 3.40. The molecule has 1 aromatic rings. The summed E-state index contributed by atoms with van der Waals surface area (Å²) >= 11 is 1.22. The van der Waals surface area contributed by atoms with Crippen LogP contribution in [0.15, 0.2) is 41.8 Å². The Balaban J connectivity index is 2.40. The van der Waals surface area contributed by atoms with Gasteiger partial charge in [0.05, 0.1) is 7.11 Å². The molecular weight excluding hydrogens is 368 g/mol. The molecule has 0 aliphatic carbocycles. The number of ether oxygens (including phenoxy) is 2. The predicted octanol–water partition coefficient (Wildman–Crippen LogP) is 2.62. The van der Waals surface area contributed by atoms with Gasteiger partial charge in [0.15, 0.2) is 0 Å². The zero-order chi connectivity index (χ0) is 19.9. The number of methoxy groups -OCH3 is 1. The van der Waals surface area contributed by atoms with Gasteiger partial charge < -0.3 is 20.1 Å². The monoisotopic (exact) mass is 394 g/mol. The van der Waals surface area contributed by atoms with Crippen LogP contribution in [0.1, 0.15) is 25.3 Å². The van der Waals surface area contributed by atoms with Crippen molar-refractivity contribution in [3.05, 3.63) is 47.4 Å². The summed E-state index contributed by atoms with van der Waals surface area (Å²) in [6.07, 6.45) is 2.61. The van der Waals surface area contributed by atoms with E-state index in [-0.39, 0.29) is 18.3 Å². The van der Waals surface area contributed by atoms with Gasteiger partial charge >= 0.3 is 12.1 Å². The molecule has 1 aromatic carbocycles. The highest BCUT2D eigenvalue weighted by Gasteiger charge is 2.21. The second-order valence-corrected chi connectivity index (χ2v) is 6.50. The Hall–Kier alpha value is -2.48. The first-order valence-electron chi connectivity index (χ1n) is 8.67. The van der Waals surface area contributed by atoms with Crippen LogP contribution < -0.4 is 10.6 Å². The van der Waals surface area contributed by atoms with Crippen molar-refractivity contribution in [1.29, 1.82) is 0 Å². The quantitative estimate of drug-likeness (QED) is 0.340. The van der Waals surface area contributed by atoms with E-state index in [1.165, 1.54) is 24.9 Å². The van der Waals surface area contributed by atoms with E-state index in [1.807, 2.05) is 37.3 Å². The lowest BCUT2D eigenvalue weighted by Gasteiger charge is -2.15. The number of hydrogen-bond acceptors (Lipinski definition) is 6. The van der Waals surface area contributed by atoms with Gasteiger partial charge in [-0.05, 0) is 17.4 Å². The highest BCUT2D eigenvalue weighted by Crippen LogP contribution is 2.07. The topological polar surface area (TPSA) is 93.7 Å². The van der Waals surface area contributed by atoms with Gasteiger partial charge in [0, 0.05) is 18.4 Å². The van der Waals surface area contributed by atoms with Crippen LogP contribution in [-0.4, -0.2) is 43.4 Å². The smallest absolute Gasteiger partial charge is 0.408 e. The summed E-state index contributed by atoms with van der Waals surface area (Å²) in [5, 5.41) is 6.80. The summed E-state index contributed by atoms with van der Waals surface area (Å²) in [5.74, 6) is -0.563. The Morgan fingerprint density at radius 3 is 2.63 bits per heavy atom. The van der Waals surface area contributed by atoms with Crippen LogP contribution in [-0.2, 0) is 25.7 Å². The van der Waals surface area contributed by atoms with Gasteiger partial charge in [-0.2, -0.15) is 0 Å². The van der Waals surface area contributed by atoms with Crippen molar-refractivity contribution in [1.82, 2.24) is 10.6 Å². The number of nitrogens with one attached hydrogen (secondary N) is 2. The fourth-order valence-electron chi connectivity index (χ4n) is 1.93. The van der Waals surface area contributed by atoms with Crippen LogP contribution in [0.5, 0.6) is 0 Å². The van der Waals surface area contributed by atoms with E-state index < -0.39 is 18.1 Å². The van der Waals surface area contributed by atoms with Gasteiger partial charge in [0.1, 0.15) is 12.6 Å². The third kappa shape index (κ3) is 10.3. The minimum absolute atomic E-state index is 0.103. The number of rotatable bonds is 11. The summed E-state index contributed by atoms with van der Waals surface area (Å²) in [6.45, 7) is 2.78. The van der Waals surface area contributed by atoms with E-state index in [2.05, 4.69) is 10.6 Å². The zero-order valence-electron chi connectivity index (χ0n) is 15.6. The molecule has 0 saturated heterocycles. The lowest BCUT2D eigenvalue weighted by molar-refractivity contribution is -0.142. The largest absolute Gasteiger partial charge is 0.467 e. The maximum atomic E-state index is 11.9. The molecule has 0 spiro atoms. The molecule has 0 aromatic heterocycles. The molecule has 148 valence electrons. The van der Waals surface area contributed by atoms with Crippen LogP contribution in [0.2, 0.25) is 0 Å². The lowest BCUT2D eigenvalue weighted by Crippen LogP contribution is -2.43. The molecule has 0 unspecified atom stereocenters. The second-order valence-electron chi connectivity index (χ2n) is 5.56. The standard InChI is InChI=1S/C19H26N2O5S/c1-3-4-11-20-17(22)10-12-27-14-16(18(23)25-2)21-19(24)26-13-15-8-6-5-7-9-15/h5-10,12,16H,3-4,11,13-14H2,1-2H3,(H,20,22)(H,21,24)/b12-10+/t16-/m0/s1. The number of thioether (sulfide) groups is 1. The van der Waals surface area contributed by atoms with Crippen LogP contribution in [0.3, 0.4) is 0 Å². The molecule has 0 fully saturated rings. The van der Waals surface area contributed by atoms with Crippen LogP contribution >= 0.6 is 11.8 Å². The average Bonchev–Trinajstić information content (AvgIpc) is 2.69. The van der Waals surface area contributed by atoms with Gasteiger partial charge in [-0.3, -0.25) is 4.79 Å². The minimum atomic E-state index is -0.879. The van der Waals surface area contributed by atoms with Gasteiger partial charge in [0.2, 0.25) is 5.91 Å². The number of unbranched alkanes of at least 4 members (excludes halogenated alkanes) is 1. The lowest BCUT2D eigenvalue weighted by atomic mass is 10.2. The Kier molecular flexibility index (Phi) is 11.4. The van der Waals surface area contributed by atoms with E-state index in [0.29, 0.717) is 6.54 Å². The molecule has 8 heteroatoms. The molecule has 0 saturated carbocycles. The fraction of sp³-hybridized carbons (Fsp3) is 0.421. The van der Waals surface area contributed by atoms with Gasteiger partial charge in [-0.15, -0.1) is 11.8 Å². The summed E-state index contributed by atoms with van der Waals surface area (Å²) in [7, 11) is 1.24. The Morgan fingerprint density at radius 2 is 1.96 bits per heavy atom. The van der Waals surface area contributed by atoms with Crippen molar-refractivity contribution in [2.45, 2.75) is 32.4 Å². The number of carbonyl (C=O) groups excluding carboxylic acids is 3. The van der Waals surface area contributed by atoms with Gasteiger partial charge in [0.25, 0.3) is 0 Å².